The van der Waals surface area contributed by atoms with Gasteiger partial charge in [-0.1, -0.05) is 24.3 Å². The zero-order valence-corrected chi connectivity index (χ0v) is 20.3. The van der Waals surface area contributed by atoms with Crippen molar-refractivity contribution in [3.05, 3.63) is 41.6 Å². The van der Waals surface area contributed by atoms with Gasteiger partial charge in [0.15, 0.2) is 0 Å². The molecule has 4 aliphatic rings. The maximum absolute atomic E-state index is 12.9. The minimum atomic E-state index is -0.330. The molecule has 0 amide bonds. The highest BCUT2D eigenvalue weighted by molar-refractivity contribution is 6.16. The summed E-state index contributed by atoms with van der Waals surface area (Å²) in [5.41, 5.74) is 2.56. The van der Waals surface area contributed by atoms with E-state index in [0.717, 1.165) is 64.7 Å². The smallest absolute Gasteiger partial charge is 0.340 e. The molecule has 0 radical (unpaired) electrons. The molecule has 4 aliphatic carbocycles. The number of rotatable bonds is 7. The molecule has 4 bridgehead atoms. The van der Waals surface area contributed by atoms with Crippen LogP contribution in [-0.4, -0.2) is 34.5 Å². The molecule has 1 N–H and O–H groups in total. The summed E-state index contributed by atoms with van der Waals surface area (Å²) in [7, 11) is 0. The summed E-state index contributed by atoms with van der Waals surface area (Å²) in [5, 5.41) is 13.2. The van der Waals surface area contributed by atoms with E-state index in [1.807, 2.05) is 38.1 Å². The topological polar surface area (TPSA) is 60.7 Å². The van der Waals surface area contributed by atoms with Crippen molar-refractivity contribution in [2.45, 2.75) is 70.9 Å². The molecule has 5 heteroatoms. The van der Waals surface area contributed by atoms with E-state index in [1.165, 1.54) is 38.5 Å². The van der Waals surface area contributed by atoms with Gasteiger partial charge < -0.3 is 19.1 Å². The van der Waals surface area contributed by atoms with Gasteiger partial charge in [0.2, 0.25) is 0 Å². The average molecular weight is 462 g/mol. The minimum absolute atomic E-state index is 0.122. The van der Waals surface area contributed by atoms with E-state index in [4.69, 9.17) is 9.47 Å². The predicted molar refractivity (Wildman–Crippen MR) is 133 cm³/mol. The lowest BCUT2D eigenvalue weighted by Gasteiger charge is -2.56. The predicted octanol–water partition coefficient (Wildman–Crippen LogP) is 6.36. The molecule has 1 heterocycles. The number of ether oxygens (including phenoxy) is 2. The molecule has 5 nitrogen and oxygen atoms in total. The number of phenols is 1. The first kappa shape index (κ1) is 22.0. The highest BCUT2D eigenvalue weighted by Gasteiger charge is 2.51. The number of aromatic nitrogens is 1. The number of aromatic hydroxyl groups is 1. The normalized spacial score (nSPS) is 27.6. The Morgan fingerprint density at radius 1 is 1.06 bits per heavy atom. The van der Waals surface area contributed by atoms with Gasteiger partial charge in [0.25, 0.3) is 0 Å². The standard InChI is InChI=1S/C29H35NO4/c1-3-33-28(32)26-18(2)30(27-23-8-5-4-7-22(23)25(31)14-24(26)27)9-6-10-34-29-15-19-11-20(16-29)13-21(12-19)17-29/h4-5,7-8,14,19-21,31H,3,6,9-13,15-17H2,1-2H3. The second-order valence-corrected chi connectivity index (χ2v) is 11.0. The van der Waals surface area contributed by atoms with Gasteiger partial charge in [0.1, 0.15) is 5.75 Å². The van der Waals surface area contributed by atoms with E-state index in [-0.39, 0.29) is 17.3 Å². The van der Waals surface area contributed by atoms with Crippen molar-refractivity contribution in [3.63, 3.8) is 0 Å². The highest BCUT2D eigenvalue weighted by atomic mass is 16.5. The van der Waals surface area contributed by atoms with E-state index in [0.29, 0.717) is 12.2 Å². The summed E-state index contributed by atoms with van der Waals surface area (Å²) < 4.78 is 14.3. The van der Waals surface area contributed by atoms with Crippen LogP contribution in [0.4, 0.5) is 0 Å². The highest BCUT2D eigenvalue weighted by Crippen LogP contribution is 2.57. The fourth-order valence-electron chi connectivity index (χ4n) is 7.78. The first-order valence-corrected chi connectivity index (χ1v) is 13.0. The monoisotopic (exact) mass is 461 g/mol. The van der Waals surface area contributed by atoms with Crippen molar-refractivity contribution in [2.24, 2.45) is 17.8 Å². The average Bonchev–Trinajstić information content (AvgIpc) is 3.07. The number of esters is 1. The van der Waals surface area contributed by atoms with Crippen LogP contribution < -0.4 is 0 Å². The van der Waals surface area contributed by atoms with Crippen molar-refractivity contribution >= 4 is 27.6 Å². The Kier molecular flexibility index (Phi) is 5.36. The summed E-state index contributed by atoms with van der Waals surface area (Å²) in [6, 6.07) is 9.58. The lowest BCUT2D eigenvalue weighted by Crippen LogP contribution is -2.52. The van der Waals surface area contributed by atoms with Crippen LogP contribution in [0.1, 0.15) is 67.9 Å². The van der Waals surface area contributed by atoms with E-state index in [9.17, 15) is 9.90 Å². The number of hydrogen-bond donors (Lipinski definition) is 1. The third-order valence-electron chi connectivity index (χ3n) is 8.70. The van der Waals surface area contributed by atoms with Crippen LogP contribution in [0.25, 0.3) is 21.7 Å². The quantitative estimate of drug-likeness (QED) is 0.328. The van der Waals surface area contributed by atoms with Crippen molar-refractivity contribution in [1.29, 1.82) is 0 Å². The van der Waals surface area contributed by atoms with Crippen LogP contribution in [0, 0.1) is 24.7 Å². The van der Waals surface area contributed by atoms with Crippen molar-refractivity contribution in [3.8, 4) is 5.75 Å². The van der Waals surface area contributed by atoms with Crippen molar-refractivity contribution < 1.29 is 19.4 Å². The van der Waals surface area contributed by atoms with Crippen molar-refractivity contribution in [1.82, 2.24) is 4.57 Å². The Morgan fingerprint density at radius 3 is 2.35 bits per heavy atom. The summed E-state index contributed by atoms with van der Waals surface area (Å²) in [6.07, 6.45) is 8.92. The van der Waals surface area contributed by atoms with E-state index in [2.05, 4.69) is 4.57 Å². The number of carbonyl (C=O) groups is 1. The molecule has 2 aromatic carbocycles. The third-order valence-corrected chi connectivity index (χ3v) is 8.70. The molecule has 0 unspecified atom stereocenters. The Hall–Kier alpha value is -2.53. The van der Waals surface area contributed by atoms with Gasteiger partial charge in [-0.25, -0.2) is 4.79 Å². The van der Waals surface area contributed by atoms with E-state index < -0.39 is 0 Å². The Balaban J connectivity index is 1.29. The number of benzene rings is 2. The molecule has 0 aliphatic heterocycles. The first-order chi connectivity index (χ1) is 16.5. The van der Waals surface area contributed by atoms with Gasteiger partial charge in [0, 0.05) is 35.0 Å². The van der Waals surface area contributed by atoms with E-state index in [1.54, 1.807) is 6.07 Å². The van der Waals surface area contributed by atoms with E-state index >= 15 is 0 Å². The van der Waals surface area contributed by atoms with Gasteiger partial charge in [0.05, 0.1) is 23.3 Å². The zero-order chi connectivity index (χ0) is 23.4. The molecule has 7 rings (SSSR count). The molecular formula is C29H35NO4. The number of nitrogens with zero attached hydrogens (tertiary/aromatic N) is 1. The molecule has 4 fully saturated rings. The Labute approximate surface area is 201 Å². The summed E-state index contributed by atoms with van der Waals surface area (Å²) >= 11 is 0. The van der Waals surface area contributed by atoms with Crippen LogP contribution in [0.2, 0.25) is 0 Å². The molecule has 0 saturated heterocycles. The minimum Gasteiger partial charge on any atom is -0.507 e. The molecule has 1 aromatic heterocycles. The molecule has 34 heavy (non-hydrogen) atoms. The first-order valence-electron chi connectivity index (χ1n) is 13.0. The second kappa shape index (κ2) is 8.30. The second-order valence-electron chi connectivity index (χ2n) is 11.0. The van der Waals surface area contributed by atoms with Gasteiger partial charge in [-0.05, 0) is 82.6 Å². The van der Waals surface area contributed by atoms with Gasteiger partial charge in [-0.2, -0.15) is 0 Å². The van der Waals surface area contributed by atoms with Gasteiger partial charge in [-0.15, -0.1) is 0 Å². The molecule has 0 atom stereocenters. The Morgan fingerprint density at radius 2 is 1.71 bits per heavy atom. The third kappa shape index (κ3) is 3.51. The molecule has 4 saturated carbocycles. The Bertz CT molecular complexity index is 1220. The molecule has 180 valence electrons. The van der Waals surface area contributed by atoms with Gasteiger partial charge in [-0.3, -0.25) is 0 Å². The molecule has 0 spiro atoms. The molecular weight excluding hydrogens is 426 g/mol. The largest absolute Gasteiger partial charge is 0.507 e. The number of hydrogen-bond acceptors (Lipinski definition) is 4. The van der Waals surface area contributed by atoms with Crippen LogP contribution in [0.3, 0.4) is 0 Å². The number of phenolic OH excluding ortho intramolecular Hbond substituents is 1. The number of carbonyl (C=O) groups excluding carboxylic acids is 1. The van der Waals surface area contributed by atoms with Crippen LogP contribution in [0.5, 0.6) is 5.75 Å². The lowest BCUT2D eigenvalue weighted by atomic mass is 9.54. The number of aryl methyl sites for hydroxylation is 1. The van der Waals surface area contributed by atoms with Crippen molar-refractivity contribution in [2.75, 3.05) is 13.2 Å². The number of fused-ring (bicyclic) bond motifs is 3. The van der Waals surface area contributed by atoms with Crippen LogP contribution in [0.15, 0.2) is 30.3 Å². The van der Waals surface area contributed by atoms with Crippen LogP contribution >= 0.6 is 0 Å². The lowest BCUT2D eigenvalue weighted by molar-refractivity contribution is -0.162. The maximum atomic E-state index is 12.9. The molecule has 3 aromatic rings. The SMILES string of the molecule is CCOC(=O)c1c(C)n(CCCOC23CC4CC(CC(C4)C2)C3)c2c1cc(O)c1ccccc12. The maximum Gasteiger partial charge on any atom is 0.340 e. The van der Waals surface area contributed by atoms with Gasteiger partial charge >= 0.3 is 5.97 Å². The van der Waals surface area contributed by atoms with Crippen LogP contribution in [-0.2, 0) is 16.0 Å². The fourth-order valence-corrected chi connectivity index (χ4v) is 7.78. The fraction of sp³-hybridized carbons (Fsp3) is 0.552. The summed E-state index contributed by atoms with van der Waals surface area (Å²) in [4.78, 5) is 12.9. The summed E-state index contributed by atoms with van der Waals surface area (Å²) in [5.74, 6) is 2.51. The summed E-state index contributed by atoms with van der Waals surface area (Å²) in [6.45, 7) is 5.64. The zero-order valence-electron chi connectivity index (χ0n) is 20.3.